The lowest BCUT2D eigenvalue weighted by atomic mass is 10.0. The van der Waals surface area contributed by atoms with Gasteiger partial charge in [-0.15, -0.1) is 0 Å². The molecule has 17 nitrogen and oxygen atoms in total. The fourth-order valence-corrected chi connectivity index (χ4v) is 13.4. The van der Waals surface area contributed by atoms with Crippen molar-refractivity contribution < 1.29 is 80.2 Å². The van der Waals surface area contributed by atoms with Gasteiger partial charge in [0.1, 0.15) is 19.3 Å². The summed E-state index contributed by atoms with van der Waals surface area (Å²) in [6.45, 7) is 11.9. The van der Waals surface area contributed by atoms with Crippen LogP contribution in [0.15, 0.2) is 0 Å². The molecule has 0 aliphatic carbocycles. The molecule has 0 radical (unpaired) electrons. The first kappa shape index (κ1) is 94.1. The van der Waals surface area contributed by atoms with Crippen molar-refractivity contribution in [2.75, 3.05) is 39.6 Å². The number of ether oxygens (including phenoxy) is 4. The van der Waals surface area contributed by atoms with E-state index in [0.717, 1.165) is 108 Å². The van der Waals surface area contributed by atoms with Gasteiger partial charge in [-0.2, -0.15) is 0 Å². The predicted molar refractivity (Wildman–Crippen MR) is 391 cm³/mol. The fourth-order valence-electron chi connectivity index (χ4n) is 11.8. The van der Waals surface area contributed by atoms with E-state index >= 15 is 0 Å². The summed E-state index contributed by atoms with van der Waals surface area (Å²) in [7, 11) is -9.92. The summed E-state index contributed by atoms with van der Waals surface area (Å²) >= 11 is 0. The van der Waals surface area contributed by atoms with Crippen molar-refractivity contribution in [3.63, 3.8) is 0 Å². The quantitative estimate of drug-likeness (QED) is 0.0222. The zero-order valence-corrected chi connectivity index (χ0v) is 64.6. The molecule has 0 bridgehead atoms. The Balaban J connectivity index is 5.27. The summed E-state index contributed by atoms with van der Waals surface area (Å²) in [5.41, 5.74) is 0. The minimum atomic E-state index is -4.96. The number of hydrogen-bond donors (Lipinski definition) is 3. The van der Waals surface area contributed by atoms with E-state index in [4.69, 9.17) is 37.0 Å². The molecule has 570 valence electrons. The Morgan fingerprint density at radius 2 is 0.479 bits per heavy atom. The third kappa shape index (κ3) is 70.5. The van der Waals surface area contributed by atoms with Crippen molar-refractivity contribution in [1.82, 2.24) is 0 Å². The number of aliphatic hydroxyl groups excluding tert-OH is 1. The van der Waals surface area contributed by atoms with Crippen LogP contribution in [0.1, 0.15) is 395 Å². The second kappa shape index (κ2) is 67.5. The molecule has 0 aliphatic heterocycles. The Hall–Kier alpha value is -1.94. The molecule has 0 saturated carbocycles. The molecule has 0 aliphatic rings. The highest BCUT2D eigenvalue weighted by atomic mass is 31.2. The Labute approximate surface area is 588 Å². The molecule has 0 spiro atoms. The van der Waals surface area contributed by atoms with Gasteiger partial charge < -0.3 is 33.8 Å². The second-order valence-electron chi connectivity index (χ2n) is 29.2. The summed E-state index contributed by atoms with van der Waals surface area (Å²) in [4.78, 5) is 72.9. The number of rotatable bonds is 75. The zero-order valence-electron chi connectivity index (χ0n) is 62.8. The number of aliphatic hydroxyl groups is 1. The van der Waals surface area contributed by atoms with Crippen LogP contribution in [-0.4, -0.2) is 96.7 Å². The summed E-state index contributed by atoms with van der Waals surface area (Å²) in [6, 6.07) is 0. The molecule has 0 amide bonds. The van der Waals surface area contributed by atoms with Gasteiger partial charge in [-0.1, -0.05) is 344 Å². The van der Waals surface area contributed by atoms with Crippen LogP contribution in [-0.2, 0) is 65.4 Å². The van der Waals surface area contributed by atoms with Gasteiger partial charge in [-0.25, -0.2) is 9.13 Å². The molecular formula is C77H150O17P2. The number of phosphoric acid groups is 2. The lowest BCUT2D eigenvalue weighted by Gasteiger charge is -2.21. The molecule has 5 atom stereocenters. The standard InChI is InChI=1S/C77H150O17P2/c1-8-9-10-11-12-13-14-15-16-19-22-30-37-44-51-58-74(79)87-64-72(93-76(81)60-53-46-39-31-23-20-17-18-21-27-34-41-48-55-68(2)3)66-91-95(83,84)89-62-71(78)63-90-96(85,86)92-67-73(65-88-75(80)59-52-45-38-33-26-29-36-43-50-57-70(6)7)94-77(82)61-54-47-40-32-25-24-28-35-42-49-56-69(4)5/h68-73,78H,8-67H2,1-7H3,(H,83,84)(H,85,86)/t71-,72-,73-/m1/s1. The zero-order chi connectivity index (χ0) is 70.9. The summed E-state index contributed by atoms with van der Waals surface area (Å²) in [5, 5.41) is 10.6. The maximum absolute atomic E-state index is 13.1. The van der Waals surface area contributed by atoms with Gasteiger partial charge in [0.25, 0.3) is 0 Å². The van der Waals surface area contributed by atoms with E-state index in [-0.39, 0.29) is 25.7 Å². The van der Waals surface area contributed by atoms with Gasteiger partial charge in [-0.3, -0.25) is 37.3 Å². The smallest absolute Gasteiger partial charge is 0.462 e. The van der Waals surface area contributed by atoms with E-state index in [2.05, 4.69) is 48.5 Å². The van der Waals surface area contributed by atoms with Crippen molar-refractivity contribution in [3.05, 3.63) is 0 Å². The molecule has 0 aromatic carbocycles. The molecule has 0 fully saturated rings. The number of phosphoric ester groups is 2. The van der Waals surface area contributed by atoms with E-state index < -0.39 is 97.5 Å². The molecule has 0 aromatic rings. The largest absolute Gasteiger partial charge is 0.472 e. The number of carbonyl (C=O) groups is 4. The molecule has 0 rings (SSSR count). The molecule has 2 unspecified atom stereocenters. The minimum Gasteiger partial charge on any atom is -0.462 e. The predicted octanol–water partition coefficient (Wildman–Crippen LogP) is 22.6. The van der Waals surface area contributed by atoms with E-state index in [1.165, 1.54) is 205 Å². The van der Waals surface area contributed by atoms with Crippen molar-refractivity contribution >= 4 is 39.5 Å². The lowest BCUT2D eigenvalue weighted by Crippen LogP contribution is -2.30. The average Bonchev–Trinajstić information content (AvgIpc) is 2.99. The van der Waals surface area contributed by atoms with Crippen LogP contribution in [0.4, 0.5) is 0 Å². The van der Waals surface area contributed by atoms with Crippen LogP contribution >= 0.6 is 15.6 Å². The highest BCUT2D eigenvalue weighted by Crippen LogP contribution is 2.45. The van der Waals surface area contributed by atoms with E-state index in [1.54, 1.807) is 0 Å². The molecule has 96 heavy (non-hydrogen) atoms. The van der Waals surface area contributed by atoms with Gasteiger partial charge in [0.2, 0.25) is 0 Å². The van der Waals surface area contributed by atoms with Gasteiger partial charge in [0.15, 0.2) is 12.2 Å². The Morgan fingerprint density at radius 1 is 0.281 bits per heavy atom. The normalized spacial score (nSPS) is 14.1. The molecule has 3 N–H and O–H groups in total. The minimum absolute atomic E-state index is 0.105. The topological polar surface area (TPSA) is 237 Å². The van der Waals surface area contributed by atoms with Crippen LogP contribution < -0.4 is 0 Å². The monoisotopic (exact) mass is 1410 g/mol. The van der Waals surface area contributed by atoms with Crippen LogP contribution in [0.2, 0.25) is 0 Å². The maximum Gasteiger partial charge on any atom is 0.472 e. The number of unbranched alkanes of at least 4 members (excludes halogenated alkanes) is 43. The Kier molecular flexibility index (Phi) is 66.2. The highest BCUT2D eigenvalue weighted by Gasteiger charge is 2.30. The lowest BCUT2D eigenvalue weighted by molar-refractivity contribution is -0.161. The fraction of sp³-hybridized carbons (Fsp3) is 0.948. The van der Waals surface area contributed by atoms with Crippen LogP contribution in [0.3, 0.4) is 0 Å². The highest BCUT2D eigenvalue weighted by molar-refractivity contribution is 7.47. The molecule has 0 saturated heterocycles. The third-order valence-corrected chi connectivity index (χ3v) is 19.8. The number of hydrogen-bond acceptors (Lipinski definition) is 15. The van der Waals surface area contributed by atoms with Crippen molar-refractivity contribution in [2.45, 2.75) is 414 Å². The summed E-state index contributed by atoms with van der Waals surface area (Å²) in [5.74, 6) is 0.167. The molecule has 19 heteroatoms. The van der Waals surface area contributed by atoms with Crippen LogP contribution in [0.5, 0.6) is 0 Å². The Bertz CT molecular complexity index is 1870. The average molecular weight is 1410 g/mol. The summed E-state index contributed by atoms with van der Waals surface area (Å²) < 4.78 is 68.6. The van der Waals surface area contributed by atoms with E-state index in [1.807, 2.05) is 0 Å². The van der Waals surface area contributed by atoms with Gasteiger partial charge in [-0.05, 0) is 43.4 Å². The van der Waals surface area contributed by atoms with Crippen molar-refractivity contribution in [2.24, 2.45) is 17.8 Å². The first-order valence-corrected chi connectivity index (χ1v) is 42.8. The van der Waals surface area contributed by atoms with Crippen LogP contribution in [0.25, 0.3) is 0 Å². The number of carbonyl (C=O) groups excluding carboxylic acids is 4. The SMILES string of the molecule is CCCCCCCCCCCCCCCCCC(=O)OC[C@H](COP(=O)(O)OC[C@@H](O)COP(=O)(O)OC[C@@H](COC(=O)CCCCCCCCCCCC(C)C)OC(=O)CCCCCCCCCCCCC(C)C)OC(=O)CCCCCCCCCCCCCCCC(C)C. The van der Waals surface area contributed by atoms with E-state index in [9.17, 15) is 43.2 Å². The molecule has 0 heterocycles. The number of esters is 4. The van der Waals surface area contributed by atoms with Gasteiger partial charge >= 0.3 is 39.5 Å². The van der Waals surface area contributed by atoms with Crippen molar-refractivity contribution in [3.8, 4) is 0 Å². The molecule has 0 aromatic heterocycles. The van der Waals surface area contributed by atoms with Gasteiger partial charge in [0, 0.05) is 25.7 Å². The Morgan fingerprint density at radius 3 is 0.708 bits per heavy atom. The van der Waals surface area contributed by atoms with Gasteiger partial charge in [0.05, 0.1) is 26.4 Å². The van der Waals surface area contributed by atoms with Crippen molar-refractivity contribution in [1.29, 1.82) is 0 Å². The third-order valence-electron chi connectivity index (χ3n) is 17.9. The van der Waals surface area contributed by atoms with E-state index in [0.29, 0.717) is 25.7 Å². The van der Waals surface area contributed by atoms with Crippen LogP contribution in [0, 0.1) is 17.8 Å². The molecular weight excluding hydrogens is 1260 g/mol. The second-order valence-corrected chi connectivity index (χ2v) is 32.1. The first-order chi connectivity index (χ1) is 46.2. The first-order valence-electron chi connectivity index (χ1n) is 39.8. The summed E-state index contributed by atoms with van der Waals surface area (Å²) in [6.07, 6.45) is 54.0. The maximum atomic E-state index is 13.1.